The van der Waals surface area contributed by atoms with Crippen molar-refractivity contribution in [2.24, 2.45) is 0 Å². The monoisotopic (exact) mass is 237 g/mol. The fraction of sp³-hybridized carbons (Fsp3) is 0.417. The summed E-state index contributed by atoms with van der Waals surface area (Å²) in [6, 6.07) is 7.46. The molecule has 0 spiro atoms. The maximum Gasteiger partial charge on any atom is 0.337 e. The number of benzene rings is 1. The second kappa shape index (κ2) is 4.78. The zero-order valence-electron chi connectivity index (χ0n) is 9.14. The van der Waals surface area contributed by atoms with E-state index in [1.165, 1.54) is 0 Å². The molecular formula is C12H15NO2S. The van der Waals surface area contributed by atoms with E-state index in [1.54, 1.807) is 12.1 Å². The van der Waals surface area contributed by atoms with E-state index < -0.39 is 5.97 Å². The summed E-state index contributed by atoms with van der Waals surface area (Å²) in [5.41, 5.74) is 1.08. The molecule has 0 bridgehead atoms. The maximum absolute atomic E-state index is 11.0. The molecule has 0 amide bonds. The zero-order valence-corrected chi connectivity index (χ0v) is 9.96. The van der Waals surface area contributed by atoms with E-state index in [0.717, 1.165) is 17.9 Å². The van der Waals surface area contributed by atoms with Crippen LogP contribution in [0.4, 0.5) is 5.69 Å². The highest BCUT2D eigenvalue weighted by Crippen LogP contribution is 2.29. The number of carboxylic acids is 1. The van der Waals surface area contributed by atoms with Gasteiger partial charge in [-0.2, -0.15) is 11.8 Å². The molecule has 0 radical (unpaired) electrons. The lowest BCUT2D eigenvalue weighted by atomic mass is 10.1. The molecule has 1 saturated heterocycles. The van der Waals surface area contributed by atoms with Crippen molar-refractivity contribution in [3.8, 4) is 0 Å². The molecule has 1 aromatic carbocycles. The lowest BCUT2D eigenvalue weighted by Crippen LogP contribution is -2.25. The molecule has 2 N–H and O–H groups in total. The Bertz CT molecular complexity index is 394. The van der Waals surface area contributed by atoms with E-state index in [-0.39, 0.29) is 0 Å². The molecule has 1 aromatic rings. The normalized spacial score (nSPS) is 24.3. The lowest BCUT2D eigenvalue weighted by Gasteiger charge is -2.19. The molecule has 1 fully saturated rings. The van der Waals surface area contributed by atoms with Gasteiger partial charge in [0.2, 0.25) is 0 Å². The summed E-state index contributed by atoms with van der Waals surface area (Å²) in [5, 5.41) is 12.9. The molecule has 0 aromatic heterocycles. The fourth-order valence-electron chi connectivity index (χ4n) is 1.92. The molecule has 2 atom stereocenters. The van der Waals surface area contributed by atoms with Gasteiger partial charge in [-0.1, -0.05) is 19.1 Å². The average molecular weight is 237 g/mol. The van der Waals surface area contributed by atoms with Gasteiger partial charge < -0.3 is 10.4 Å². The van der Waals surface area contributed by atoms with Crippen molar-refractivity contribution in [1.82, 2.24) is 0 Å². The van der Waals surface area contributed by atoms with Gasteiger partial charge in [0.15, 0.2) is 0 Å². The molecule has 2 rings (SSSR count). The summed E-state index contributed by atoms with van der Waals surface area (Å²) >= 11 is 1.93. The first-order valence-electron chi connectivity index (χ1n) is 5.39. The van der Waals surface area contributed by atoms with Crippen molar-refractivity contribution in [2.75, 3.05) is 11.1 Å². The Morgan fingerprint density at radius 2 is 2.25 bits per heavy atom. The van der Waals surface area contributed by atoms with E-state index in [4.69, 9.17) is 5.11 Å². The summed E-state index contributed by atoms with van der Waals surface area (Å²) in [5.74, 6) is 0.273. The Morgan fingerprint density at radius 3 is 2.88 bits per heavy atom. The number of hydrogen-bond donors (Lipinski definition) is 2. The molecule has 3 nitrogen and oxygen atoms in total. The SMILES string of the molecule is CC1SCCC1Nc1ccccc1C(=O)O. The van der Waals surface area contributed by atoms with Gasteiger partial charge in [0.25, 0.3) is 0 Å². The van der Waals surface area contributed by atoms with E-state index in [0.29, 0.717) is 16.9 Å². The third-order valence-corrected chi connectivity index (χ3v) is 4.20. The maximum atomic E-state index is 11.0. The van der Waals surface area contributed by atoms with Crippen molar-refractivity contribution < 1.29 is 9.90 Å². The molecule has 4 heteroatoms. The second-order valence-corrected chi connectivity index (χ2v) is 5.45. The van der Waals surface area contributed by atoms with Crippen LogP contribution in [-0.2, 0) is 0 Å². The summed E-state index contributed by atoms with van der Waals surface area (Å²) in [4.78, 5) is 11.0. The number of rotatable bonds is 3. The highest BCUT2D eigenvalue weighted by atomic mass is 32.2. The molecule has 1 aliphatic rings. The van der Waals surface area contributed by atoms with Gasteiger partial charge in [-0.3, -0.25) is 0 Å². The second-order valence-electron chi connectivity index (χ2n) is 3.97. The van der Waals surface area contributed by atoms with Crippen LogP contribution in [0.5, 0.6) is 0 Å². The van der Waals surface area contributed by atoms with Crippen LogP contribution < -0.4 is 5.32 Å². The third kappa shape index (κ3) is 2.32. The average Bonchev–Trinajstić information content (AvgIpc) is 2.65. The van der Waals surface area contributed by atoms with Crippen LogP contribution in [0.15, 0.2) is 24.3 Å². The Labute approximate surface area is 99.2 Å². The van der Waals surface area contributed by atoms with Crippen molar-refractivity contribution in [1.29, 1.82) is 0 Å². The van der Waals surface area contributed by atoms with Crippen LogP contribution in [0.3, 0.4) is 0 Å². The summed E-state index contributed by atoms with van der Waals surface area (Å²) < 4.78 is 0. The van der Waals surface area contributed by atoms with Crippen LogP contribution in [0.1, 0.15) is 23.7 Å². The summed E-state index contributed by atoms with van der Waals surface area (Å²) in [6.07, 6.45) is 1.10. The number of carboxylic acid groups (broad SMARTS) is 1. The van der Waals surface area contributed by atoms with Gasteiger partial charge in [0, 0.05) is 17.0 Å². The van der Waals surface area contributed by atoms with Gasteiger partial charge in [0.05, 0.1) is 5.56 Å². The fourth-order valence-corrected chi connectivity index (χ4v) is 3.11. The van der Waals surface area contributed by atoms with Gasteiger partial charge in [0.1, 0.15) is 0 Å². The van der Waals surface area contributed by atoms with Crippen molar-refractivity contribution in [3.05, 3.63) is 29.8 Å². The highest BCUT2D eigenvalue weighted by Gasteiger charge is 2.24. The molecule has 0 aliphatic carbocycles. The minimum Gasteiger partial charge on any atom is -0.478 e. The quantitative estimate of drug-likeness (QED) is 0.848. The molecule has 1 aliphatic heterocycles. The predicted octanol–water partition coefficient (Wildman–Crippen LogP) is 2.69. The third-order valence-electron chi connectivity index (χ3n) is 2.87. The Balaban J connectivity index is 2.17. The minimum atomic E-state index is -0.874. The summed E-state index contributed by atoms with van der Waals surface area (Å²) in [7, 11) is 0. The Hall–Kier alpha value is -1.16. The smallest absolute Gasteiger partial charge is 0.337 e. The van der Waals surface area contributed by atoms with Crippen molar-refractivity contribution in [2.45, 2.75) is 24.6 Å². The van der Waals surface area contributed by atoms with Gasteiger partial charge in [-0.15, -0.1) is 0 Å². The Morgan fingerprint density at radius 1 is 1.50 bits per heavy atom. The first-order chi connectivity index (χ1) is 7.68. The molecule has 1 heterocycles. The Kier molecular flexibility index (Phi) is 3.39. The van der Waals surface area contributed by atoms with Crippen LogP contribution in [0.2, 0.25) is 0 Å². The number of carbonyl (C=O) groups is 1. The summed E-state index contributed by atoms with van der Waals surface area (Å²) in [6.45, 7) is 2.18. The largest absolute Gasteiger partial charge is 0.478 e. The minimum absolute atomic E-state index is 0.353. The van der Waals surface area contributed by atoms with E-state index >= 15 is 0 Å². The number of aromatic carboxylic acids is 1. The predicted molar refractivity (Wildman–Crippen MR) is 67.3 cm³/mol. The first-order valence-corrected chi connectivity index (χ1v) is 6.44. The highest BCUT2D eigenvalue weighted by molar-refractivity contribution is 8.00. The lowest BCUT2D eigenvalue weighted by molar-refractivity contribution is 0.0698. The van der Waals surface area contributed by atoms with E-state index in [2.05, 4.69) is 12.2 Å². The van der Waals surface area contributed by atoms with E-state index in [1.807, 2.05) is 23.9 Å². The van der Waals surface area contributed by atoms with E-state index in [9.17, 15) is 4.79 Å². The topological polar surface area (TPSA) is 49.3 Å². The van der Waals surface area contributed by atoms with Crippen LogP contribution >= 0.6 is 11.8 Å². The van der Waals surface area contributed by atoms with Crippen LogP contribution in [0, 0.1) is 0 Å². The number of thioether (sulfide) groups is 1. The first kappa shape index (κ1) is 11.3. The molecular weight excluding hydrogens is 222 g/mol. The number of hydrogen-bond acceptors (Lipinski definition) is 3. The van der Waals surface area contributed by atoms with Gasteiger partial charge in [-0.05, 0) is 24.3 Å². The number of nitrogens with one attached hydrogen (secondary N) is 1. The number of para-hydroxylation sites is 1. The molecule has 86 valence electrons. The van der Waals surface area contributed by atoms with Crippen LogP contribution in [0.25, 0.3) is 0 Å². The van der Waals surface area contributed by atoms with Gasteiger partial charge in [-0.25, -0.2) is 4.79 Å². The molecule has 2 unspecified atom stereocenters. The van der Waals surface area contributed by atoms with Crippen LogP contribution in [-0.4, -0.2) is 28.1 Å². The van der Waals surface area contributed by atoms with Crippen molar-refractivity contribution in [3.63, 3.8) is 0 Å². The van der Waals surface area contributed by atoms with Gasteiger partial charge >= 0.3 is 5.97 Å². The van der Waals surface area contributed by atoms with Crippen molar-refractivity contribution >= 4 is 23.4 Å². The molecule has 0 saturated carbocycles. The molecule has 16 heavy (non-hydrogen) atoms. The number of anilines is 1. The standard InChI is InChI=1S/C12H15NO2S/c1-8-10(6-7-16-8)13-11-5-3-2-4-9(11)12(14)15/h2-5,8,10,13H,6-7H2,1H3,(H,14,15). The zero-order chi connectivity index (χ0) is 11.5.